The van der Waals surface area contributed by atoms with Crippen molar-refractivity contribution in [3.63, 3.8) is 0 Å². The van der Waals surface area contributed by atoms with E-state index in [1.165, 1.54) is 83.5 Å². The third-order valence-corrected chi connectivity index (χ3v) is 10.4. The Hall–Kier alpha value is -1.37. The molecular formula is C43H81NO9. The molecule has 0 aromatic rings. The Kier molecular flexibility index (Phi) is 31.8. The van der Waals surface area contributed by atoms with Crippen molar-refractivity contribution in [3.05, 3.63) is 24.3 Å². The van der Waals surface area contributed by atoms with Crippen molar-refractivity contribution in [1.29, 1.82) is 0 Å². The molecule has 8 unspecified atom stereocenters. The summed E-state index contributed by atoms with van der Waals surface area (Å²) in [6.07, 6.45) is 27.9. The normalized spacial score (nSPS) is 22.5. The van der Waals surface area contributed by atoms with E-state index in [0.29, 0.717) is 19.3 Å². The van der Waals surface area contributed by atoms with E-state index in [0.717, 1.165) is 64.2 Å². The van der Waals surface area contributed by atoms with Gasteiger partial charge in [-0.3, -0.25) is 4.79 Å². The third-order valence-electron chi connectivity index (χ3n) is 10.4. The van der Waals surface area contributed by atoms with Gasteiger partial charge in [-0.15, -0.1) is 0 Å². The molecule has 0 bridgehead atoms. The van der Waals surface area contributed by atoms with Gasteiger partial charge >= 0.3 is 0 Å². The van der Waals surface area contributed by atoms with Gasteiger partial charge < -0.3 is 45.4 Å². The van der Waals surface area contributed by atoms with Crippen LogP contribution in [-0.2, 0) is 14.3 Å². The number of hydrogen-bond donors (Lipinski definition) is 7. The zero-order chi connectivity index (χ0) is 38.9. The van der Waals surface area contributed by atoms with Crippen LogP contribution in [0, 0.1) is 0 Å². The summed E-state index contributed by atoms with van der Waals surface area (Å²) in [5.74, 6) is -0.597. The zero-order valence-corrected chi connectivity index (χ0v) is 33.6. The maximum absolute atomic E-state index is 13.0. The van der Waals surface area contributed by atoms with E-state index in [4.69, 9.17) is 9.47 Å². The summed E-state index contributed by atoms with van der Waals surface area (Å²) in [4.78, 5) is 13.0. The van der Waals surface area contributed by atoms with Gasteiger partial charge in [0.25, 0.3) is 0 Å². The van der Waals surface area contributed by atoms with Crippen LogP contribution >= 0.6 is 0 Å². The minimum absolute atomic E-state index is 0.260. The second kappa shape index (κ2) is 33.9. The highest BCUT2D eigenvalue weighted by Gasteiger charge is 2.44. The average molecular weight is 756 g/mol. The van der Waals surface area contributed by atoms with E-state index < -0.39 is 61.5 Å². The van der Waals surface area contributed by atoms with Crippen molar-refractivity contribution in [2.24, 2.45) is 0 Å². The van der Waals surface area contributed by atoms with Crippen LogP contribution in [0.2, 0.25) is 0 Å². The fourth-order valence-corrected chi connectivity index (χ4v) is 6.80. The first-order valence-corrected chi connectivity index (χ1v) is 21.7. The van der Waals surface area contributed by atoms with Gasteiger partial charge in [-0.1, -0.05) is 167 Å². The topological polar surface area (TPSA) is 169 Å². The lowest BCUT2D eigenvalue weighted by Gasteiger charge is -2.40. The van der Waals surface area contributed by atoms with Gasteiger partial charge in [-0.2, -0.15) is 0 Å². The van der Waals surface area contributed by atoms with Gasteiger partial charge in [-0.25, -0.2) is 0 Å². The monoisotopic (exact) mass is 756 g/mol. The van der Waals surface area contributed by atoms with Crippen LogP contribution in [-0.4, -0.2) is 98.7 Å². The summed E-state index contributed by atoms with van der Waals surface area (Å²) < 4.78 is 11.2. The van der Waals surface area contributed by atoms with Crippen LogP contribution in [0.25, 0.3) is 0 Å². The van der Waals surface area contributed by atoms with Crippen molar-refractivity contribution in [1.82, 2.24) is 5.32 Å². The number of allylic oxidation sites excluding steroid dienone is 4. The van der Waals surface area contributed by atoms with Crippen LogP contribution < -0.4 is 5.32 Å². The molecule has 7 N–H and O–H groups in total. The predicted octanol–water partition coefficient (Wildman–Crippen LogP) is 7.30. The quantitative estimate of drug-likeness (QED) is 0.0259. The van der Waals surface area contributed by atoms with Crippen LogP contribution in [0.3, 0.4) is 0 Å². The molecule has 1 rings (SSSR count). The minimum Gasteiger partial charge on any atom is -0.394 e. The maximum Gasteiger partial charge on any atom is 0.249 e. The second-order valence-corrected chi connectivity index (χ2v) is 15.3. The van der Waals surface area contributed by atoms with Crippen molar-refractivity contribution in [2.75, 3.05) is 13.2 Å². The van der Waals surface area contributed by atoms with Crippen LogP contribution in [0.4, 0.5) is 0 Å². The Morgan fingerprint density at radius 3 is 1.62 bits per heavy atom. The molecule has 1 fully saturated rings. The molecule has 0 saturated carbocycles. The third kappa shape index (κ3) is 24.7. The van der Waals surface area contributed by atoms with Crippen molar-refractivity contribution in [2.45, 2.75) is 230 Å². The SMILES string of the molecule is CCCCC/C=C\C=C/CCCCCCCC(O)C(=O)NC(COC1OC(CO)C(O)C(O)C1O)C(O)CCCCCCCCCCCCCCCC. The van der Waals surface area contributed by atoms with Gasteiger partial charge in [-0.05, 0) is 38.5 Å². The van der Waals surface area contributed by atoms with E-state index in [1.807, 2.05) is 0 Å². The molecule has 0 aromatic heterocycles. The lowest BCUT2D eigenvalue weighted by molar-refractivity contribution is -0.302. The fraction of sp³-hybridized carbons (Fsp3) is 0.884. The number of rotatable bonds is 35. The van der Waals surface area contributed by atoms with E-state index in [2.05, 4.69) is 43.5 Å². The number of carbonyl (C=O) groups excluding carboxylic acids is 1. The molecule has 1 aliphatic heterocycles. The zero-order valence-electron chi connectivity index (χ0n) is 33.6. The first kappa shape index (κ1) is 49.6. The van der Waals surface area contributed by atoms with Gasteiger partial charge in [0.15, 0.2) is 6.29 Å². The molecule has 8 atom stereocenters. The number of aliphatic hydroxyl groups excluding tert-OH is 6. The molecule has 1 aliphatic rings. The first-order chi connectivity index (χ1) is 25.8. The van der Waals surface area contributed by atoms with E-state index >= 15 is 0 Å². The van der Waals surface area contributed by atoms with E-state index in [9.17, 15) is 35.4 Å². The Bertz CT molecular complexity index is 901. The summed E-state index contributed by atoms with van der Waals surface area (Å²) in [5, 5.41) is 64.7. The summed E-state index contributed by atoms with van der Waals surface area (Å²) >= 11 is 0. The number of nitrogens with one attached hydrogen (secondary N) is 1. The minimum atomic E-state index is -1.60. The molecule has 1 amide bonds. The number of hydrogen-bond acceptors (Lipinski definition) is 9. The number of unbranched alkanes of at least 4 members (excludes halogenated alkanes) is 21. The molecular weight excluding hydrogens is 674 g/mol. The summed E-state index contributed by atoms with van der Waals surface area (Å²) in [6.45, 7) is 3.61. The molecule has 0 radical (unpaired) electrons. The Balaban J connectivity index is 2.45. The molecule has 0 aliphatic carbocycles. The van der Waals surface area contributed by atoms with E-state index in [-0.39, 0.29) is 6.61 Å². The highest BCUT2D eigenvalue weighted by Crippen LogP contribution is 2.23. The predicted molar refractivity (Wildman–Crippen MR) is 213 cm³/mol. The Morgan fingerprint density at radius 2 is 1.09 bits per heavy atom. The molecule has 1 saturated heterocycles. The Labute approximate surface area is 322 Å². The number of amides is 1. The largest absolute Gasteiger partial charge is 0.394 e. The second-order valence-electron chi connectivity index (χ2n) is 15.3. The molecule has 0 spiro atoms. The highest BCUT2D eigenvalue weighted by molar-refractivity contribution is 5.80. The molecule has 10 nitrogen and oxygen atoms in total. The van der Waals surface area contributed by atoms with Gasteiger partial charge in [0.1, 0.15) is 30.5 Å². The molecule has 53 heavy (non-hydrogen) atoms. The Morgan fingerprint density at radius 1 is 0.642 bits per heavy atom. The lowest BCUT2D eigenvalue weighted by Crippen LogP contribution is -2.60. The lowest BCUT2D eigenvalue weighted by atomic mass is 9.99. The summed E-state index contributed by atoms with van der Waals surface area (Å²) in [7, 11) is 0. The highest BCUT2D eigenvalue weighted by atomic mass is 16.7. The number of carbonyl (C=O) groups is 1. The van der Waals surface area contributed by atoms with Crippen LogP contribution in [0.5, 0.6) is 0 Å². The summed E-state index contributed by atoms with van der Waals surface area (Å²) in [6, 6.07) is -0.897. The smallest absolute Gasteiger partial charge is 0.249 e. The van der Waals surface area contributed by atoms with Crippen molar-refractivity contribution < 1.29 is 44.9 Å². The number of aliphatic hydroxyl groups is 6. The standard InChI is InChI=1S/C43H81NO9/c1-3-5-7-9-11-13-15-17-19-21-23-25-27-29-31-36(46)35(34-52-43-41(50)40(49)39(48)38(33-45)53-43)44-42(51)37(47)32-30-28-26-24-22-20-18-16-14-12-10-8-6-4-2/h12,14,16,18,35-41,43,45-50H,3-11,13,15,17,19-34H2,1-2H3,(H,44,51)/b14-12-,18-16-. The number of ether oxygens (including phenoxy) is 2. The fourth-order valence-electron chi connectivity index (χ4n) is 6.80. The van der Waals surface area contributed by atoms with Crippen LogP contribution in [0.1, 0.15) is 181 Å². The van der Waals surface area contributed by atoms with Crippen molar-refractivity contribution >= 4 is 5.91 Å². The maximum atomic E-state index is 13.0. The summed E-state index contributed by atoms with van der Waals surface area (Å²) in [5.41, 5.74) is 0. The molecule has 312 valence electrons. The van der Waals surface area contributed by atoms with Crippen molar-refractivity contribution in [3.8, 4) is 0 Å². The van der Waals surface area contributed by atoms with Gasteiger partial charge in [0.05, 0.1) is 25.4 Å². The van der Waals surface area contributed by atoms with Gasteiger partial charge in [0, 0.05) is 0 Å². The molecule has 1 heterocycles. The van der Waals surface area contributed by atoms with E-state index in [1.54, 1.807) is 0 Å². The first-order valence-electron chi connectivity index (χ1n) is 21.7. The van der Waals surface area contributed by atoms with Crippen LogP contribution in [0.15, 0.2) is 24.3 Å². The molecule has 10 heteroatoms. The molecule has 0 aromatic carbocycles. The van der Waals surface area contributed by atoms with Gasteiger partial charge in [0.2, 0.25) is 5.91 Å². The average Bonchev–Trinajstić information content (AvgIpc) is 3.16.